The number of pyridine rings is 1. The molecule has 0 radical (unpaired) electrons. The molecule has 3 rings (SSSR count). The molecule has 146 valence electrons. The predicted octanol–water partition coefficient (Wildman–Crippen LogP) is 1.72. The van der Waals surface area contributed by atoms with Gasteiger partial charge in [0.05, 0.1) is 6.20 Å². The first kappa shape index (κ1) is 19.1. The number of rotatable bonds is 7. The smallest absolute Gasteiger partial charge is 0.191 e. The third kappa shape index (κ3) is 5.42. The van der Waals surface area contributed by atoms with Crippen molar-refractivity contribution in [2.24, 2.45) is 12.0 Å². The first-order valence-electron chi connectivity index (χ1n) is 9.53. The molecule has 2 aromatic heterocycles. The molecule has 7 nitrogen and oxygen atoms in total. The van der Waals surface area contributed by atoms with Crippen LogP contribution in [0.2, 0.25) is 0 Å². The maximum absolute atomic E-state index is 13.9. The SMILES string of the molecule is CCNC(=NCCCc1cnn(C)c1)NC1CCN(c2ncccc2F)C1. The summed E-state index contributed by atoms with van der Waals surface area (Å²) < 4.78 is 15.8. The Morgan fingerprint density at radius 3 is 3.07 bits per heavy atom. The maximum Gasteiger partial charge on any atom is 0.191 e. The van der Waals surface area contributed by atoms with E-state index in [1.165, 1.54) is 11.6 Å². The second kappa shape index (κ2) is 9.34. The van der Waals surface area contributed by atoms with Crippen LogP contribution in [-0.4, -0.2) is 52.9 Å². The van der Waals surface area contributed by atoms with Gasteiger partial charge in [-0.05, 0) is 43.9 Å². The molecule has 1 unspecified atom stereocenters. The van der Waals surface area contributed by atoms with E-state index in [0.29, 0.717) is 12.4 Å². The summed E-state index contributed by atoms with van der Waals surface area (Å²) in [5.74, 6) is 0.978. The fourth-order valence-electron chi connectivity index (χ4n) is 3.27. The van der Waals surface area contributed by atoms with Crippen LogP contribution in [0.1, 0.15) is 25.3 Å². The van der Waals surface area contributed by atoms with Crippen molar-refractivity contribution in [1.82, 2.24) is 25.4 Å². The lowest BCUT2D eigenvalue weighted by Gasteiger charge is -2.19. The van der Waals surface area contributed by atoms with E-state index in [1.54, 1.807) is 12.3 Å². The van der Waals surface area contributed by atoms with E-state index >= 15 is 0 Å². The molecule has 1 atom stereocenters. The molecule has 0 bridgehead atoms. The Hall–Kier alpha value is -2.64. The molecule has 0 aliphatic carbocycles. The number of nitrogens with zero attached hydrogens (tertiary/aromatic N) is 5. The number of halogens is 1. The van der Waals surface area contributed by atoms with Crippen molar-refractivity contribution in [3.05, 3.63) is 42.1 Å². The molecule has 2 N–H and O–H groups in total. The van der Waals surface area contributed by atoms with E-state index in [9.17, 15) is 4.39 Å². The van der Waals surface area contributed by atoms with Crippen molar-refractivity contribution >= 4 is 11.8 Å². The van der Waals surface area contributed by atoms with Crippen LogP contribution in [0.4, 0.5) is 10.2 Å². The topological polar surface area (TPSA) is 70.4 Å². The van der Waals surface area contributed by atoms with Crippen LogP contribution in [0.15, 0.2) is 35.7 Å². The van der Waals surface area contributed by atoms with Gasteiger partial charge < -0.3 is 15.5 Å². The number of aromatic nitrogens is 3. The summed E-state index contributed by atoms with van der Waals surface area (Å²) in [6.07, 6.45) is 8.43. The highest BCUT2D eigenvalue weighted by molar-refractivity contribution is 5.80. The average molecular weight is 373 g/mol. The molecular formula is C19H28FN7. The minimum absolute atomic E-state index is 0.225. The van der Waals surface area contributed by atoms with Gasteiger partial charge in [-0.15, -0.1) is 0 Å². The van der Waals surface area contributed by atoms with Crippen molar-refractivity contribution in [3.8, 4) is 0 Å². The van der Waals surface area contributed by atoms with Crippen LogP contribution >= 0.6 is 0 Å². The monoisotopic (exact) mass is 373 g/mol. The summed E-state index contributed by atoms with van der Waals surface area (Å²) in [4.78, 5) is 10.8. The third-order valence-electron chi connectivity index (χ3n) is 4.56. The van der Waals surface area contributed by atoms with E-state index in [4.69, 9.17) is 0 Å². The van der Waals surface area contributed by atoms with Gasteiger partial charge in [-0.1, -0.05) is 0 Å². The van der Waals surface area contributed by atoms with E-state index in [0.717, 1.165) is 44.9 Å². The number of anilines is 1. The molecule has 0 aromatic carbocycles. The van der Waals surface area contributed by atoms with E-state index in [2.05, 4.69) is 32.6 Å². The molecule has 1 fully saturated rings. The standard InChI is InChI=1S/C19H28FN7/c1-3-21-19(23-10-4-6-15-12-24-26(2)13-15)25-16-8-11-27(14-16)18-17(20)7-5-9-22-18/h5,7,9,12-13,16H,3-4,6,8,10-11,14H2,1-2H3,(H2,21,23,25). The lowest BCUT2D eigenvalue weighted by atomic mass is 10.2. The zero-order valence-corrected chi connectivity index (χ0v) is 16.0. The van der Waals surface area contributed by atoms with Gasteiger partial charge in [-0.25, -0.2) is 9.37 Å². The minimum Gasteiger partial charge on any atom is -0.357 e. The summed E-state index contributed by atoms with van der Waals surface area (Å²) in [6, 6.07) is 3.30. The lowest BCUT2D eigenvalue weighted by molar-refractivity contribution is 0.612. The van der Waals surface area contributed by atoms with Crippen LogP contribution in [0.25, 0.3) is 0 Å². The van der Waals surface area contributed by atoms with Crippen LogP contribution < -0.4 is 15.5 Å². The summed E-state index contributed by atoms with van der Waals surface area (Å²) in [7, 11) is 1.93. The average Bonchev–Trinajstić information content (AvgIpc) is 3.28. The molecule has 1 saturated heterocycles. The fourth-order valence-corrected chi connectivity index (χ4v) is 3.27. The Morgan fingerprint density at radius 1 is 1.44 bits per heavy atom. The molecule has 0 amide bonds. The Morgan fingerprint density at radius 2 is 2.33 bits per heavy atom. The zero-order valence-electron chi connectivity index (χ0n) is 16.0. The highest BCUT2D eigenvalue weighted by Gasteiger charge is 2.25. The number of hydrogen-bond donors (Lipinski definition) is 2. The normalized spacial score (nSPS) is 17.4. The van der Waals surface area contributed by atoms with Crippen molar-refractivity contribution in [2.75, 3.05) is 31.1 Å². The number of aryl methyl sites for hydroxylation is 2. The van der Waals surface area contributed by atoms with E-state index in [-0.39, 0.29) is 11.9 Å². The largest absolute Gasteiger partial charge is 0.357 e. The molecular weight excluding hydrogens is 345 g/mol. The second-order valence-corrected chi connectivity index (χ2v) is 6.77. The molecule has 3 heterocycles. The Balaban J connectivity index is 1.49. The van der Waals surface area contributed by atoms with Crippen molar-refractivity contribution in [1.29, 1.82) is 0 Å². The first-order chi connectivity index (χ1) is 13.2. The number of nitrogens with one attached hydrogen (secondary N) is 2. The van der Waals surface area contributed by atoms with Gasteiger partial charge >= 0.3 is 0 Å². The minimum atomic E-state index is -0.269. The highest BCUT2D eigenvalue weighted by atomic mass is 19.1. The molecule has 27 heavy (non-hydrogen) atoms. The number of aliphatic imine (C=N–C) groups is 1. The van der Waals surface area contributed by atoms with Crippen molar-refractivity contribution < 1.29 is 4.39 Å². The lowest BCUT2D eigenvalue weighted by Crippen LogP contribution is -2.44. The Kier molecular flexibility index (Phi) is 6.62. The molecule has 0 saturated carbocycles. The van der Waals surface area contributed by atoms with Gasteiger partial charge in [0.15, 0.2) is 17.6 Å². The van der Waals surface area contributed by atoms with Crippen LogP contribution in [-0.2, 0) is 13.5 Å². The Bertz CT molecular complexity index is 758. The maximum atomic E-state index is 13.9. The van der Waals surface area contributed by atoms with Crippen LogP contribution in [0, 0.1) is 5.82 Å². The summed E-state index contributed by atoms with van der Waals surface area (Å²) in [5.41, 5.74) is 1.23. The first-order valence-corrected chi connectivity index (χ1v) is 9.53. The summed E-state index contributed by atoms with van der Waals surface area (Å²) in [5, 5.41) is 10.9. The molecule has 1 aliphatic heterocycles. The van der Waals surface area contributed by atoms with Crippen LogP contribution in [0.3, 0.4) is 0 Å². The second-order valence-electron chi connectivity index (χ2n) is 6.77. The molecule has 2 aromatic rings. The quantitative estimate of drug-likeness (QED) is 0.439. The van der Waals surface area contributed by atoms with E-state index < -0.39 is 0 Å². The van der Waals surface area contributed by atoms with Gasteiger partial charge in [-0.2, -0.15) is 5.10 Å². The van der Waals surface area contributed by atoms with E-state index in [1.807, 2.05) is 29.0 Å². The number of guanidine groups is 1. The van der Waals surface area contributed by atoms with Gasteiger partial charge in [0, 0.05) is 51.7 Å². The van der Waals surface area contributed by atoms with Crippen molar-refractivity contribution in [2.45, 2.75) is 32.2 Å². The van der Waals surface area contributed by atoms with Gasteiger partial charge in [0.25, 0.3) is 0 Å². The van der Waals surface area contributed by atoms with Gasteiger partial charge in [0.2, 0.25) is 0 Å². The molecule has 0 spiro atoms. The van der Waals surface area contributed by atoms with Crippen molar-refractivity contribution in [3.63, 3.8) is 0 Å². The Labute approximate surface area is 159 Å². The molecule has 8 heteroatoms. The highest BCUT2D eigenvalue weighted by Crippen LogP contribution is 2.20. The fraction of sp³-hybridized carbons (Fsp3) is 0.526. The summed E-state index contributed by atoms with van der Waals surface area (Å²) in [6.45, 7) is 5.10. The van der Waals surface area contributed by atoms with Gasteiger partial charge in [0.1, 0.15) is 0 Å². The third-order valence-corrected chi connectivity index (χ3v) is 4.56. The zero-order chi connectivity index (χ0) is 19.1. The predicted molar refractivity (Wildman–Crippen MR) is 105 cm³/mol. The molecule has 1 aliphatic rings. The number of hydrogen-bond acceptors (Lipinski definition) is 4. The van der Waals surface area contributed by atoms with Crippen LogP contribution in [0.5, 0.6) is 0 Å². The van der Waals surface area contributed by atoms with Gasteiger partial charge in [-0.3, -0.25) is 9.67 Å². The summed E-state index contributed by atoms with van der Waals surface area (Å²) >= 11 is 0.